The van der Waals surface area contributed by atoms with Crippen molar-refractivity contribution >= 4 is 68.1 Å². The molecule has 13 heteroatoms. The summed E-state index contributed by atoms with van der Waals surface area (Å²) < 4.78 is 52.9. The predicted octanol–water partition coefficient (Wildman–Crippen LogP) is 8.91. The van der Waals surface area contributed by atoms with Gasteiger partial charge in [0.05, 0.1) is 24.4 Å². The molecule has 44 heavy (non-hydrogen) atoms. The lowest BCUT2D eigenvalue weighted by Crippen LogP contribution is -2.19. The van der Waals surface area contributed by atoms with Crippen LogP contribution in [-0.4, -0.2) is 30.2 Å². The van der Waals surface area contributed by atoms with Gasteiger partial charge in [-0.25, -0.2) is 10.2 Å². The van der Waals surface area contributed by atoms with E-state index in [2.05, 4.69) is 31.4 Å². The molecule has 0 aliphatic heterocycles. The number of hydrazone groups is 1. The van der Waals surface area contributed by atoms with Crippen LogP contribution in [0.4, 0.5) is 13.2 Å². The van der Waals surface area contributed by atoms with Gasteiger partial charge in [0.2, 0.25) is 0 Å². The average Bonchev–Trinajstić information content (AvgIpc) is 3.37. The Morgan fingerprint density at radius 2 is 1.73 bits per heavy atom. The third kappa shape index (κ3) is 6.45. The fourth-order valence-corrected chi connectivity index (χ4v) is 5.27. The molecular weight excluding hydrogens is 686 g/mol. The number of esters is 1. The summed E-state index contributed by atoms with van der Waals surface area (Å²) in [4.78, 5) is 29.0. The zero-order valence-corrected chi connectivity index (χ0v) is 25.5. The number of H-pyrrole nitrogens is 1. The molecule has 4 aromatic carbocycles. The molecule has 1 aromatic heterocycles. The SMILES string of the molecule is COc1ccc(Cl)cc1C(=O)Oc1ccc(Br)cc1C=NNC(=O)c1[nH]c2c(C(F)(F)F)cccc2c1-c1ccccc1Cl. The second kappa shape index (κ2) is 12.7. The van der Waals surface area contributed by atoms with Crippen LogP contribution >= 0.6 is 39.1 Å². The van der Waals surface area contributed by atoms with Crippen molar-refractivity contribution in [2.24, 2.45) is 5.10 Å². The number of alkyl halides is 3. The average molecular weight is 705 g/mol. The van der Waals surface area contributed by atoms with Crippen molar-refractivity contribution in [1.82, 2.24) is 10.4 Å². The van der Waals surface area contributed by atoms with Crippen LogP contribution in [0.1, 0.15) is 32.0 Å². The topological polar surface area (TPSA) is 92.8 Å². The van der Waals surface area contributed by atoms with Gasteiger partial charge in [-0.05, 0) is 48.5 Å². The predicted molar refractivity (Wildman–Crippen MR) is 166 cm³/mol. The molecule has 0 atom stereocenters. The van der Waals surface area contributed by atoms with Crippen molar-refractivity contribution < 1.29 is 32.2 Å². The Kier molecular flexibility index (Phi) is 9.00. The van der Waals surface area contributed by atoms with E-state index >= 15 is 0 Å². The first-order valence-corrected chi connectivity index (χ1v) is 14.2. The lowest BCUT2D eigenvalue weighted by atomic mass is 10.00. The Morgan fingerprint density at radius 3 is 2.45 bits per heavy atom. The quantitative estimate of drug-likeness (QED) is 0.0766. The van der Waals surface area contributed by atoms with Crippen molar-refractivity contribution in [3.63, 3.8) is 0 Å². The molecule has 0 radical (unpaired) electrons. The van der Waals surface area contributed by atoms with Crippen LogP contribution in [0, 0.1) is 0 Å². The number of para-hydroxylation sites is 1. The molecule has 7 nitrogen and oxygen atoms in total. The van der Waals surface area contributed by atoms with Crippen molar-refractivity contribution in [2.45, 2.75) is 6.18 Å². The fraction of sp³-hybridized carbons (Fsp3) is 0.0645. The maximum atomic E-state index is 13.8. The monoisotopic (exact) mass is 703 g/mol. The van der Waals surface area contributed by atoms with Crippen molar-refractivity contribution in [3.8, 4) is 22.6 Å². The van der Waals surface area contributed by atoms with Gasteiger partial charge in [0, 0.05) is 36.6 Å². The normalized spacial score (nSPS) is 11.6. The van der Waals surface area contributed by atoms with Crippen molar-refractivity contribution in [3.05, 3.63) is 116 Å². The fourth-order valence-electron chi connectivity index (χ4n) is 4.49. The first kappa shape index (κ1) is 31.1. The number of carbonyl (C=O) groups is 2. The number of halogens is 6. The number of benzene rings is 4. The van der Waals surface area contributed by atoms with Crippen LogP contribution in [0.2, 0.25) is 10.0 Å². The summed E-state index contributed by atoms with van der Waals surface area (Å²) in [6.07, 6.45) is -3.46. The summed E-state index contributed by atoms with van der Waals surface area (Å²) in [5.74, 6) is -1.25. The number of nitrogens with zero attached hydrogens (tertiary/aromatic N) is 1. The van der Waals surface area contributed by atoms with Gasteiger partial charge in [-0.3, -0.25) is 4.79 Å². The molecule has 224 valence electrons. The van der Waals surface area contributed by atoms with Crippen molar-refractivity contribution in [2.75, 3.05) is 7.11 Å². The minimum atomic E-state index is -4.68. The molecule has 0 unspecified atom stereocenters. The van der Waals surface area contributed by atoms with Crippen LogP contribution < -0.4 is 14.9 Å². The van der Waals surface area contributed by atoms with E-state index < -0.39 is 23.6 Å². The van der Waals surface area contributed by atoms with Crippen molar-refractivity contribution in [1.29, 1.82) is 0 Å². The minimum Gasteiger partial charge on any atom is -0.496 e. The van der Waals surface area contributed by atoms with Crippen LogP contribution in [0.3, 0.4) is 0 Å². The Labute approximate surface area is 266 Å². The van der Waals surface area contributed by atoms with Gasteiger partial charge in [0.15, 0.2) is 0 Å². The van der Waals surface area contributed by atoms with E-state index in [9.17, 15) is 22.8 Å². The zero-order chi connectivity index (χ0) is 31.6. The number of hydrogen-bond acceptors (Lipinski definition) is 5. The van der Waals surface area contributed by atoms with Crippen LogP contribution in [0.5, 0.6) is 11.5 Å². The van der Waals surface area contributed by atoms with E-state index in [0.29, 0.717) is 15.1 Å². The third-order valence-electron chi connectivity index (χ3n) is 6.44. The standard InChI is InChI=1S/C31H19BrCl2F3N3O4/c1-43-25-12-10-18(33)14-21(25)30(42)44-24-11-9-17(32)13-16(24)15-38-40-29(41)28-26(19-5-2-3-8-23(19)34)20-6-4-7-22(27(20)39-28)31(35,36)37/h2-15,39H,1H3,(H,40,41). The number of nitrogens with one attached hydrogen (secondary N) is 2. The molecular formula is C31H19BrCl2F3N3O4. The number of fused-ring (bicyclic) bond motifs is 1. The molecule has 0 saturated carbocycles. The molecule has 0 saturated heterocycles. The van der Waals surface area contributed by atoms with Gasteiger partial charge in [-0.15, -0.1) is 0 Å². The number of amides is 1. The number of aromatic nitrogens is 1. The van der Waals surface area contributed by atoms with E-state index in [-0.39, 0.29) is 49.8 Å². The van der Waals surface area contributed by atoms with Gasteiger partial charge in [0.1, 0.15) is 22.8 Å². The number of rotatable bonds is 7. The summed E-state index contributed by atoms with van der Waals surface area (Å²) in [6.45, 7) is 0. The molecule has 1 amide bonds. The highest BCUT2D eigenvalue weighted by Crippen LogP contribution is 2.41. The third-order valence-corrected chi connectivity index (χ3v) is 7.49. The molecule has 0 aliphatic rings. The first-order chi connectivity index (χ1) is 21.0. The number of methoxy groups -OCH3 is 1. The van der Waals surface area contributed by atoms with E-state index in [1.165, 1.54) is 43.7 Å². The second-order valence-electron chi connectivity index (χ2n) is 9.20. The molecule has 0 bridgehead atoms. The Balaban J connectivity index is 1.48. The Morgan fingerprint density at radius 1 is 0.977 bits per heavy atom. The highest BCUT2D eigenvalue weighted by Gasteiger charge is 2.35. The summed E-state index contributed by atoms with van der Waals surface area (Å²) >= 11 is 15.8. The Bertz CT molecular complexity index is 1940. The van der Waals surface area contributed by atoms with Gasteiger partial charge in [-0.2, -0.15) is 18.3 Å². The van der Waals surface area contributed by atoms with E-state index in [4.69, 9.17) is 32.7 Å². The smallest absolute Gasteiger partial charge is 0.418 e. The largest absolute Gasteiger partial charge is 0.496 e. The van der Waals surface area contributed by atoms with Crippen LogP contribution in [0.15, 0.2) is 88.4 Å². The molecule has 5 aromatic rings. The number of hydrogen-bond donors (Lipinski definition) is 2. The lowest BCUT2D eigenvalue weighted by molar-refractivity contribution is -0.136. The van der Waals surface area contributed by atoms with E-state index in [1.807, 2.05) is 0 Å². The number of carbonyl (C=O) groups excluding carboxylic acids is 2. The summed E-state index contributed by atoms with van der Waals surface area (Å²) in [7, 11) is 1.40. The molecule has 0 fully saturated rings. The van der Waals surface area contributed by atoms with Crippen LogP contribution in [-0.2, 0) is 6.18 Å². The molecule has 2 N–H and O–H groups in total. The second-order valence-corrected chi connectivity index (χ2v) is 11.0. The molecule has 0 spiro atoms. The number of ether oxygens (including phenoxy) is 2. The molecule has 1 heterocycles. The van der Waals surface area contributed by atoms with E-state index in [1.54, 1.807) is 42.5 Å². The summed E-state index contributed by atoms with van der Waals surface area (Å²) in [6, 6.07) is 19.3. The molecule has 0 aliphatic carbocycles. The molecule has 5 rings (SSSR count). The zero-order valence-electron chi connectivity index (χ0n) is 22.4. The van der Waals surface area contributed by atoms with Gasteiger partial charge < -0.3 is 14.5 Å². The first-order valence-electron chi connectivity index (χ1n) is 12.6. The van der Waals surface area contributed by atoms with Gasteiger partial charge in [0.25, 0.3) is 5.91 Å². The van der Waals surface area contributed by atoms with Gasteiger partial charge in [-0.1, -0.05) is 69.5 Å². The minimum absolute atomic E-state index is 0.0863. The highest BCUT2D eigenvalue weighted by molar-refractivity contribution is 9.10. The van der Waals surface area contributed by atoms with E-state index in [0.717, 1.165) is 6.07 Å². The maximum Gasteiger partial charge on any atom is 0.418 e. The van der Waals surface area contributed by atoms with Gasteiger partial charge >= 0.3 is 12.1 Å². The lowest BCUT2D eigenvalue weighted by Gasteiger charge is -2.11. The maximum absolute atomic E-state index is 13.8. The Hall–Kier alpha value is -4.32. The summed E-state index contributed by atoms with van der Waals surface area (Å²) in [5.41, 5.74) is 1.84. The summed E-state index contributed by atoms with van der Waals surface area (Å²) in [5, 5.41) is 4.68. The highest BCUT2D eigenvalue weighted by atomic mass is 79.9. The number of aromatic amines is 1. The van der Waals surface area contributed by atoms with Crippen LogP contribution in [0.25, 0.3) is 22.0 Å².